The van der Waals surface area contributed by atoms with Crippen molar-refractivity contribution in [3.05, 3.63) is 11.8 Å². The third kappa shape index (κ3) is 5.32. The molecule has 0 aromatic rings. The Morgan fingerprint density at radius 3 is 2.64 bits per heavy atom. The number of carbonyl (C=O) groups excluding carboxylic acids is 1. The number of nitriles is 1. The second kappa shape index (κ2) is 5.40. The van der Waals surface area contributed by atoms with Gasteiger partial charge in [0.25, 0.3) is 0 Å². The number of esters is 1. The Bertz CT molecular complexity index is 389. The summed E-state index contributed by atoms with van der Waals surface area (Å²) in [4.78, 5) is 11.1. The molecule has 0 bridgehead atoms. The normalized spacial score (nSPS) is 11.7. The zero-order valence-corrected chi connectivity index (χ0v) is 9.22. The summed E-state index contributed by atoms with van der Waals surface area (Å²) in [6.45, 7) is 1.87. The highest BCUT2D eigenvalue weighted by Gasteiger charge is 2.08. The van der Waals surface area contributed by atoms with Crippen molar-refractivity contribution in [1.82, 2.24) is 0 Å². The Morgan fingerprint density at radius 2 is 2.29 bits per heavy atom. The van der Waals surface area contributed by atoms with E-state index in [2.05, 4.69) is 9.10 Å². The molecule has 0 aliphatic rings. The van der Waals surface area contributed by atoms with Gasteiger partial charge in [-0.25, -0.2) is 9.16 Å². The predicted molar refractivity (Wildman–Crippen MR) is 54.7 cm³/mol. The average Bonchev–Trinajstić information content (AvgIpc) is 2.03. The lowest BCUT2D eigenvalue weighted by Gasteiger charge is -1.98. The van der Waals surface area contributed by atoms with Crippen LogP contribution in [0.15, 0.2) is 16.1 Å². The van der Waals surface area contributed by atoms with Gasteiger partial charge in [-0.2, -0.15) is 5.26 Å². The fourth-order valence-electron chi connectivity index (χ4n) is 0.521. The Balaban J connectivity index is 4.86. The number of ether oxygens (including phenoxy) is 1. The minimum absolute atomic E-state index is 0.167. The van der Waals surface area contributed by atoms with E-state index in [-0.39, 0.29) is 12.2 Å². The highest BCUT2D eigenvalue weighted by molar-refractivity contribution is 7.93. The highest BCUT2D eigenvalue weighted by Crippen LogP contribution is 1.99. The molecule has 0 aliphatic carbocycles. The Morgan fingerprint density at radius 1 is 1.71 bits per heavy atom. The van der Waals surface area contributed by atoms with E-state index in [1.807, 2.05) is 0 Å². The van der Waals surface area contributed by atoms with Crippen LogP contribution in [0.25, 0.3) is 0 Å². The summed E-state index contributed by atoms with van der Waals surface area (Å²) in [7, 11) is -1.84. The summed E-state index contributed by atoms with van der Waals surface area (Å²) < 4.78 is 15.9. The summed E-state index contributed by atoms with van der Waals surface area (Å²) in [6.07, 6.45) is 4.37. The van der Waals surface area contributed by atoms with Crippen LogP contribution in [0.1, 0.15) is 6.92 Å². The summed E-state index contributed by atoms with van der Waals surface area (Å²) in [6, 6.07) is 1.68. The molecule has 1 N–H and O–H groups in total. The molecule has 78 valence electrons. The summed E-state index contributed by atoms with van der Waals surface area (Å²) in [5.41, 5.74) is -0.167. The second-order valence-corrected chi connectivity index (χ2v) is 5.51. The average molecular weight is 215 g/mol. The molecule has 0 aromatic carbocycles. The van der Waals surface area contributed by atoms with Crippen molar-refractivity contribution < 1.29 is 9.53 Å². The monoisotopic (exact) mass is 215 g/mol. The quantitative estimate of drug-likeness (QED) is 0.437. The number of hydrogen-bond acceptors (Lipinski definition) is 5. The maximum Gasteiger partial charge on any atom is 0.350 e. The lowest BCUT2D eigenvalue weighted by Crippen LogP contribution is -2.06. The van der Waals surface area contributed by atoms with E-state index in [1.54, 1.807) is 25.5 Å². The highest BCUT2D eigenvalue weighted by atomic mass is 32.2. The van der Waals surface area contributed by atoms with Crippen LogP contribution < -0.4 is 0 Å². The minimum Gasteiger partial charge on any atom is -0.462 e. The number of hydrogen-bond donors (Lipinski definition) is 1. The summed E-state index contributed by atoms with van der Waals surface area (Å²) in [5.74, 6) is -0.692. The lowest BCUT2D eigenvalue weighted by atomic mass is 10.3. The van der Waals surface area contributed by atoms with E-state index in [9.17, 15) is 4.79 Å². The number of carbonyl (C=O) groups is 1. The molecule has 6 heteroatoms. The summed E-state index contributed by atoms with van der Waals surface area (Å²) in [5, 5.41) is 8.59. The predicted octanol–water partition coefficient (Wildman–Crippen LogP) is 1.32. The fourth-order valence-corrected chi connectivity index (χ4v) is 0.889. The summed E-state index contributed by atoms with van der Waals surface area (Å²) >= 11 is 0. The van der Waals surface area contributed by atoms with E-state index in [1.165, 1.54) is 0 Å². The molecule has 5 nitrogen and oxygen atoms in total. The first-order chi connectivity index (χ1) is 6.40. The molecule has 0 radical (unpaired) electrons. The molecule has 0 aromatic heterocycles. The molecule has 0 fully saturated rings. The number of nitrogens with one attached hydrogen (secondary N) is 1. The van der Waals surface area contributed by atoms with Gasteiger partial charge in [0.2, 0.25) is 0 Å². The van der Waals surface area contributed by atoms with Crippen LogP contribution in [0.2, 0.25) is 0 Å². The van der Waals surface area contributed by atoms with Crippen LogP contribution in [-0.2, 0) is 19.2 Å². The van der Waals surface area contributed by atoms with Crippen molar-refractivity contribution >= 4 is 15.6 Å². The van der Waals surface area contributed by atoms with Gasteiger partial charge in [0.05, 0.1) is 12.8 Å². The van der Waals surface area contributed by atoms with Crippen molar-refractivity contribution in [1.29, 1.82) is 10.0 Å². The van der Waals surface area contributed by atoms with Crippen molar-refractivity contribution in [2.75, 3.05) is 19.1 Å². The van der Waals surface area contributed by atoms with Crippen molar-refractivity contribution in [2.24, 2.45) is 4.36 Å². The van der Waals surface area contributed by atoms with Crippen LogP contribution in [0.4, 0.5) is 0 Å². The van der Waals surface area contributed by atoms with E-state index in [0.717, 1.165) is 6.20 Å². The van der Waals surface area contributed by atoms with E-state index < -0.39 is 15.6 Å². The van der Waals surface area contributed by atoms with Gasteiger partial charge in [-0.05, 0) is 6.92 Å². The van der Waals surface area contributed by atoms with Crippen molar-refractivity contribution in [2.45, 2.75) is 6.92 Å². The number of rotatable bonds is 3. The largest absolute Gasteiger partial charge is 0.462 e. The van der Waals surface area contributed by atoms with Gasteiger partial charge in [-0.15, -0.1) is 0 Å². The van der Waals surface area contributed by atoms with Crippen LogP contribution in [0.5, 0.6) is 0 Å². The molecule has 0 unspecified atom stereocenters. The zero-order valence-electron chi connectivity index (χ0n) is 8.40. The van der Waals surface area contributed by atoms with E-state index >= 15 is 0 Å². The van der Waals surface area contributed by atoms with Crippen LogP contribution >= 0.6 is 0 Å². The maximum atomic E-state index is 11.1. The standard InChI is InChI=1S/C8H13N3O2S/c1-4-13-8(12)7(5-9)6-11-14(2,3)10/h6,10H,4H2,1-3H3/b7-6-. The maximum absolute atomic E-state index is 11.1. The molecule has 0 heterocycles. The fraction of sp³-hybridized carbons (Fsp3) is 0.500. The van der Waals surface area contributed by atoms with Gasteiger partial charge in [0.1, 0.15) is 6.07 Å². The number of nitrogens with zero attached hydrogens (tertiary/aromatic N) is 2. The smallest absolute Gasteiger partial charge is 0.350 e. The van der Waals surface area contributed by atoms with E-state index in [4.69, 9.17) is 10.0 Å². The van der Waals surface area contributed by atoms with Gasteiger partial charge < -0.3 is 4.74 Å². The van der Waals surface area contributed by atoms with Crippen molar-refractivity contribution in [3.63, 3.8) is 0 Å². The van der Waals surface area contributed by atoms with Crippen LogP contribution in [0.3, 0.4) is 0 Å². The molecule has 0 saturated carbocycles. The van der Waals surface area contributed by atoms with Gasteiger partial charge in [0.15, 0.2) is 5.57 Å². The molecule has 0 rings (SSSR count). The van der Waals surface area contributed by atoms with Gasteiger partial charge in [-0.1, -0.05) is 9.62 Å². The third-order valence-corrected chi connectivity index (χ3v) is 1.69. The van der Waals surface area contributed by atoms with Crippen LogP contribution in [-0.4, -0.2) is 25.1 Å². The Labute approximate surface area is 84.0 Å². The minimum atomic E-state index is -1.84. The first-order valence-electron chi connectivity index (χ1n) is 3.88. The molecule has 0 saturated heterocycles. The molecule has 0 aliphatic heterocycles. The lowest BCUT2D eigenvalue weighted by molar-refractivity contribution is -0.138. The van der Waals surface area contributed by atoms with Gasteiger partial charge in [0, 0.05) is 12.5 Å². The topological polar surface area (TPSA) is 86.3 Å². The first-order valence-corrected chi connectivity index (χ1v) is 6.28. The molecule has 0 spiro atoms. The first kappa shape index (κ1) is 12.7. The molecular formula is C8H13N3O2S. The third-order valence-electron chi connectivity index (χ3n) is 1.06. The SMILES string of the molecule is CCOC(=O)/C(C#N)=C\N=S(C)(C)=N. The molecule has 14 heavy (non-hydrogen) atoms. The van der Waals surface area contributed by atoms with Gasteiger partial charge >= 0.3 is 5.97 Å². The molecular weight excluding hydrogens is 202 g/mol. The molecule has 0 amide bonds. The van der Waals surface area contributed by atoms with Gasteiger partial charge in [-0.3, -0.25) is 4.78 Å². The van der Waals surface area contributed by atoms with Crippen molar-refractivity contribution in [3.8, 4) is 6.07 Å². The Kier molecular flexibility index (Phi) is 4.87. The zero-order chi connectivity index (χ0) is 11.2. The second-order valence-electron chi connectivity index (χ2n) is 2.75. The Hall–Kier alpha value is -1.35. The van der Waals surface area contributed by atoms with Crippen LogP contribution in [0, 0.1) is 16.1 Å². The van der Waals surface area contributed by atoms with E-state index in [0.29, 0.717) is 0 Å². The molecule has 0 atom stereocenters.